The van der Waals surface area contributed by atoms with Crippen molar-refractivity contribution in [3.63, 3.8) is 0 Å². The lowest BCUT2D eigenvalue weighted by atomic mass is 10.1. The average molecular weight is 302 g/mol. The molecule has 1 rings (SSSR count). The van der Waals surface area contributed by atoms with Gasteiger partial charge in [-0.05, 0) is 39.0 Å². The predicted molar refractivity (Wildman–Crippen MR) is 73.3 cm³/mol. The third kappa shape index (κ3) is 4.66. The van der Waals surface area contributed by atoms with Crippen molar-refractivity contribution in [2.45, 2.75) is 32.9 Å². The molecule has 0 aliphatic rings. The first-order chi connectivity index (χ1) is 8.04. The van der Waals surface area contributed by atoms with Crippen LogP contribution < -0.4 is 10.5 Å². The Kier molecular flexibility index (Phi) is 5.95. The number of hydrogen-bond donors (Lipinski definition) is 1. The van der Waals surface area contributed by atoms with Crippen LogP contribution in [-0.2, 0) is 4.74 Å². The lowest BCUT2D eigenvalue weighted by Crippen LogP contribution is -2.20. The summed E-state index contributed by atoms with van der Waals surface area (Å²) >= 11 is 3.44. The zero-order chi connectivity index (χ0) is 12.8. The van der Waals surface area contributed by atoms with Crippen molar-refractivity contribution >= 4 is 15.9 Å². The van der Waals surface area contributed by atoms with Crippen molar-refractivity contribution in [1.82, 2.24) is 0 Å². The first kappa shape index (κ1) is 14.5. The summed E-state index contributed by atoms with van der Waals surface area (Å²) in [6.07, 6.45) is 0.0219. The van der Waals surface area contributed by atoms with Crippen LogP contribution in [0.25, 0.3) is 0 Å². The van der Waals surface area contributed by atoms with Crippen LogP contribution in [0.15, 0.2) is 22.7 Å². The van der Waals surface area contributed by atoms with Gasteiger partial charge in [0.15, 0.2) is 0 Å². The number of ether oxygens (including phenoxy) is 2. The first-order valence-electron chi connectivity index (χ1n) is 5.84. The second-order valence-corrected chi connectivity index (χ2v) is 4.97. The van der Waals surface area contributed by atoms with Gasteiger partial charge in [-0.2, -0.15) is 0 Å². The van der Waals surface area contributed by atoms with Crippen molar-refractivity contribution in [3.05, 3.63) is 28.2 Å². The molecule has 0 aliphatic heterocycles. The van der Waals surface area contributed by atoms with E-state index in [0.29, 0.717) is 13.2 Å². The highest BCUT2D eigenvalue weighted by atomic mass is 79.9. The average Bonchev–Trinajstić information content (AvgIpc) is 2.28. The van der Waals surface area contributed by atoms with E-state index >= 15 is 0 Å². The minimum Gasteiger partial charge on any atom is -0.488 e. The minimum atomic E-state index is -0.0539. The van der Waals surface area contributed by atoms with E-state index < -0.39 is 0 Å². The van der Waals surface area contributed by atoms with Gasteiger partial charge in [-0.25, -0.2) is 0 Å². The molecule has 0 heterocycles. The Labute approximate surface area is 111 Å². The monoisotopic (exact) mass is 301 g/mol. The Morgan fingerprint density at radius 3 is 2.65 bits per heavy atom. The highest BCUT2D eigenvalue weighted by molar-refractivity contribution is 9.10. The molecule has 17 heavy (non-hydrogen) atoms. The van der Waals surface area contributed by atoms with Gasteiger partial charge < -0.3 is 15.2 Å². The lowest BCUT2D eigenvalue weighted by Gasteiger charge is -2.19. The summed E-state index contributed by atoms with van der Waals surface area (Å²) in [5.74, 6) is 0.829. The largest absolute Gasteiger partial charge is 0.488 e. The van der Waals surface area contributed by atoms with E-state index in [1.54, 1.807) is 0 Å². The van der Waals surface area contributed by atoms with Crippen LogP contribution >= 0.6 is 15.9 Å². The summed E-state index contributed by atoms with van der Waals surface area (Å²) in [7, 11) is 0. The molecular formula is C13H20BrNO2. The molecule has 0 amide bonds. The number of hydrogen-bond acceptors (Lipinski definition) is 3. The smallest absolute Gasteiger partial charge is 0.124 e. The van der Waals surface area contributed by atoms with Gasteiger partial charge in [0.1, 0.15) is 11.9 Å². The fraction of sp³-hybridized carbons (Fsp3) is 0.538. The Hall–Kier alpha value is -0.580. The van der Waals surface area contributed by atoms with Crippen LogP contribution in [0, 0.1) is 0 Å². The van der Waals surface area contributed by atoms with E-state index in [1.165, 1.54) is 0 Å². The molecule has 0 fully saturated rings. The number of benzene rings is 1. The molecule has 0 spiro atoms. The number of rotatable bonds is 6. The highest BCUT2D eigenvalue weighted by Crippen LogP contribution is 2.28. The summed E-state index contributed by atoms with van der Waals surface area (Å²) in [6.45, 7) is 7.20. The quantitative estimate of drug-likeness (QED) is 0.877. The van der Waals surface area contributed by atoms with Crippen LogP contribution in [0.4, 0.5) is 0 Å². The van der Waals surface area contributed by atoms with E-state index in [4.69, 9.17) is 15.2 Å². The first-order valence-corrected chi connectivity index (χ1v) is 6.63. The highest BCUT2D eigenvalue weighted by Gasteiger charge is 2.11. The fourth-order valence-electron chi connectivity index (χ4n) is 1.52. The summed E-state index contributed by atoms with van der Waals surface area (Å²) in [5, 5.41) is 0. The van der Waals surface area contributed by atoms with E-state index in [1.807, 2.05) is 39.0 Å². The van der Waals surface area contributed by atoms with Crippen LogP contribution in [0.2, 0.25) is 0 Å². The van der Waals surface area contributed by atoms with Crippen molar-refractivity contribution in [2.24, 2.45) is 5.73 Å². The summed E-state index contributed by atoms with van der Waals surface area (Å²) < 4.78 is 12.2. The maximum Gasteiger partial charge on any atom is 0.124 e. The van der Waals surface area contributed by atoms with Crippen LogP contribution in [0.5, 0.6) is 5.75 Å². The Balaban J connectivity index is 2.76. The van der Waals surface area contributed by atoms with Gasteiger partial charge in [0.25, 0.3) is 0 Å². The molecule has 0 radical (unpaired) electrons. The Bertz CT molecular complexity index is 355. The SMILES string of the molecule is CCOCC(C)Oc1ccc(Br)cc1C(C)N. The van der Waals surface area contributed by atoms with E-state index in [0.717, 1.165) is 15.8 Å². The van der Waals surface area contributed by atoms with Crippen LogP contribution in [-0.4, -0.2) is 19.3 Å². The van der Waals surface area contributed by atoms with Gasteiger partial charge in [-0.1, -0.05) is 15.9 Å². The number of halogens is 1. The van der Waals surface area contributed by atoms with E-state index in [9.17, 15) is 0 Å². The fourth-order valence-corrected chi connectivity index (χ4v) is 1.90. The van der Waals surface area contributed by atoms with Gasteiger partial charge in [-0.15, -0.1) is 0 Å². The molecule has 2 N–H and O–H groups in total. The standard InChI is InChI=1S/C13H20BrNO2/c1-4-16-8-9(2)17-13-6-5-11(14)7-12(13)10(3)15/h5-7,9-10H,4,8,15H2,1-3H3. The summed E-state index contributed by atoms with van der Waals surface area (Å²) in [5.41, 5.74) is 6.93. The second kappa shape index (κ2) is 6.99. The Morgan fingerprint density at radius 1 is 1.35 bits per heavy atom. The third-order valence-corrected chi connectivity index (χ3v) is 2.84. The molecule has 1 aromatic carbocycles. The molecule has 96 valence electrons. The molecule has 0 bridgehead atoms. The van der Waals surface area contributed by atoms with Gasteiger partial charge >= 0.3 is 0 Å². The molecule has 4 heteroatoms. The minimum absolute atomic E-state index is 0.0219. The molecular weight excluding hydrogens is 282 g/mol. The topological polar surface area (TPSA) is 44.5 Å². The Morgan fingerprint density at radius 2 is 2.06 bits per heavy atom. The van der Waals surface area contributed by atoms with E-state index in [-0.39, 0.29) is 12.1 Å². The normalized spacial score (nSPS) is 14.4. The third-order valence-electron chi connectivity index (χ3n) is 2.35. The van der Waals surface area contributed by atoms with Crippen molar-refractivity contribution in [1.29, 1.82) is 0 Å². The predicted octanol–water partition coefficient (Wildman–Crippen LogP) is 3.27. The molecule has 2 unspecified atom stereocenters. The van der Waals surface area contributed by atoms with E-state index in [2.05, 4.69) is 15.9 Å². The lowest BCUT2D eigenvalue weighted by molar-refractivity contribution is 0.0651. The maximum atomic E-state index is 5.93. The van der Waals surface area contributed by atoms with Crippen LogP contribution in [0.1, 0.15) is 32.4 Å². The zero-order valence-electron chi connectivity index (χ0n) is 10.6. The van der Waals surface area contributed by atoms with Crippen molar-refractivity contribution in [3.8, 4) is 5.75 Å². The molecule has 0 aromatic heterocycles. The van der Waals surface area contributed by atoms with Gasteiger partial charge in [0.2, 0.25) is 0 Å². The maximum absolute atomic E-state index is 5.93. The molecule has 0 saturated carbocycles. The van der Waals surface area contributed by atoms with Crippen molar-refractivity contribution < 1.29 is 9.47 Å². The number of nitrogens with two attached hydrogens (primary N) is 1. The summed E-state index contributed by atoms with van der Waals surface area (Å²) in [6, 6.07) is 5.83. The van der Waals surface area contributed by atoms with Gasteiger partial charge in [0.05, 0.1) is 6.61 Å². The zero-order valence-corrected chi connectivity index (χ0v) is 12.2. The van der Waals surface area contributed by atoms with Gasteiger partial charge in [-0.3, -0.25) is 0 Å². The molecule has 3 nitrogen and oxygen atoms in total. The van der Waals surface area contributed by atoms with Gasteiger partial charge in [0, 0.05) is 22.7 Å². The van der Waals surface area contributed by atoms with Crippen molar-refractivity contribution in [2.75, 3.05) is 13.2 Å². The molecule has 0 aliphatic carbocycles. The molecule has 1 aromatic rings. The molecule has 2 atom stereocenters. The van der Waals surface area contributed by atoms with Crippen LogP contribution in [0.3, 0.4) is 0 Å². The second-order valence-electron chi connectivity index (χ2n) is 4.06. The molecule has 0 saturated heterocycles. The summed E-state index contributed by atoms with van der Waals surface area (Å²) in [4.78, 5) is 0.